The second kappa shape index (κ2) is 7.20. The number of hydrogen-bond donors (Lipinski definition) is 3. The number of amides is 1. The minimum absolute atomic E-state index is 0.0315. The van der Waals surface area contributed by atoms with Crippen molar-refractivity contribution in [1.29, 1.82) is 0 Å². The number of nitrogens with one attached hydrogen (secondary N) is 1. The number of carbonyl (C=O) groups excluding carboxylic acids is 1. The highest BCUT2D eigenvalue weighted by atomic mass is 16.5. The molecule has 5 nitrogen and oxygen atoms in total. The zero-order valence-corrected chi connectivity index (χ0v) is 13.9. The molecule has 0 heterocycles. The lowest BCUT2D eigenvalue weighted by molar-refractivity contribution is -0.127. The second-order valence-corrected chi connectivity index (χ2v) is 6.43. The van der Waals surface area contributed by atoms with E-state index in [0.717, 1.165) is 28.5 Å². The van der Waals surface area contributed by atoms with Crippen molar-refractivity contribution in [3.05, 3.63) is 42.0 Å². The molecule has 4 N–H and O–H groups in total. The van der Waals surface area contributed by atoms with Gasteiger partial charge in [0.2, 0.25) is 5.91 Å². The summed E-state index contributed by atoms with van der Waals surface area (Å²) in [6.07, 6.45) is 1.23. The largest absolute Gasteiger partial charge is 0.496 e. The Labute approximate surface area is 141 Å². The third-order valence-corrected chi connectivity index (χ3v) is 4.90. The lowest BCUT2D eigenvalue weighted by Gasteiger charge is -2.30. The lowest BCUT2D eigenvalue weighted by atomic mass is 9.84. The van der Waals surface area contributed by atoms with Gasteiger partial charge in [-0.25, -0.2) is 0 Å². The summed E-state index contributed by atoms with van der Waals surface area (Å²) in [5.41, 5.74) is 6.78. The number of rotatable bonds is 4. The van der Waals surface area contributed by atoms with Crippen molar-refractivity contribution in [2.24, 2.45) is 11.7 Å². The number of carbonyl (C=O) groups is 1. The third-order valence-electron chi connectivity index (χ3n) is 4.90. The first-order chi connectivity index (χ1) is 11.6. The summed E-state index contributed by atoms with van der Waals surface area (Å²) < 4.78 is 5.45. The van der Waals surface area contributed by atoms with E-state index in [9.17, 15) is 9.90 Å². The molecular formula is C19H24N2O3. The van der Waals surface area contributed by atoms with Crippen molar-refractivity contribution >= 4 is 16.7 Å². The Kier molecular flexibility index (Phi) is 5.02. The molecule has 1 aliphatic carbocycles. The molecule has 24 heavy (non-hydrogen) atoms. The van der Waals surface area contributed by atoms with E-state index in [0.29, 0.717) is 19.4 Å². The van der Waals surface area contributed by atoms with Crippen LogP contribution in [0.4, 0.5) is 0 Å². The molecule has 128 valence electrons. The van der Waals surface area contributed by atoms with Gasteiger partial charge >= 0.3 is 0 Å². The van der Waals surface area contributed by atoms with Crippen molar-refractivity contribution in [2.45, 2.75) is 38.0 Å². The fourth-order valence-electron chi connectivity index (χ4n) is 3.42. The van der Waals surface area contributed by atoms with Crippen LogP contribution in [0.2, 0.25) is 0 Å². The maximum Gasteiger partial charge on any atom is 0.223 e. The zero-order chi connectivity index (χ0) is 17.1. The average Bonchev–Trinajstić information content (AvgIpc) is 2.61. The number of aliphatic hydroxyl groups excluding tert-OH is 1. The SMILES string of the molecule is COc1ccc2ccccc2c1CNC(=O)[C@H]1CC[C@@H](N)[C@H](O)C1. The summed E-state index contributed by atoms with van der Waals surface area (Å²) in [6.45, 7) is 0.405. The van der Waals surface area contributed by atoms with E-state index in [4.69, 9.17) is 10.5 Å². The highest BCUT2D eigenvalue weighted by molar-refractivity contribution is 5.88. The first kappa shape index (κ1) is 16.7. The van der Waals surface area contributed by atoms with Gasteiger partial charge in [0.1, 0.15) is 5.75 Å². The van der Waals surface area contributed by atoms with Crippen LogP contribution in [-0.2, 0) is 11.3 Å². The molecule has 0 saturated heterocycles. The molecule has 0 bridgehead atoms. The van der Waals surface area contributed by atoms with Crippen molar-refractivity contribution in [3.63, 3.8) is 0 Å². The Bertz CT molecular complexity index is 732. The van der Waals surface area contributed by atoms with E-state index in [1.54, 1.807) is 7.11 Å². The van der Waals surface area contributed by atoms with Crippen LogP contribution in [0.3, 0.4) is 0 Å². The van der Waals surface area contributed by atoms with Gasteiger partial charge in [0.25, 0.3) is 0 Å². The molecule has 0 unspecified atom stereocenters. The molecule has 1 saturated carbocycles. The Hall–Kier alpha value is -2.11. The minimum atomic E-state index is -0.596. The van der Waals surface area contributed by atoms with Gasteiger partial charge < -0.3 is 20.9 Å². The monoisotopic (exact) mass is 328 g/mol. The molecule has 0 radical (unpaired) electrons. The van der Waals surface area contributed by atoms with Crippen molar-refractivity contribution < 1.29 is 14.6 Å². The average molecular weight is 328 g/mol. The highest BCUT2D eigenvalue weighted by Crippen LogP contribution is 2.28. The summed E-state index contributed by atoms with van der Waals surface area (Å²) in [5, 5.41) is 15.1. The standard InChI is InChI=1S/C19H24N2O3/c1-24-18-9-7-12-4-2-3-5-14(12)15(18)11-21-19(23)13-6-8-16(20)17(22)10-13/h2-5,7,9,13,16-17,22H,6,8,10-11,20H2,1H3,(H,21,23)/t13-,16+,17+/m0/s1. The summed E-state index contributed by atoms with van der Waals surface area (Å²) in [6, 6.07) is 11.8. The molecule has 0 aliphatic heterocycles. The molecule has 2 aromatic rings. The Morgan fingerprint density at radius 1 is 1.29 bits per heavy atom. The summed E-state index contributed by atoms with van der Waals surface area (Å²) in [4.78, 5) is 12.5. The van der Waals surface area contributed by atoms with Crippen LogP contribution in [0.5, 0.6) is 5.75 Å². The number of nitrogens with two attached hydrogens (primary N) is 1. The number of hydrogen-bond acceptors (Lipinski definition) is 4. The van der Waals surface area contributed by atoms with Gasteiger partial charge in [-0.2, -0.15) is 0 Å². The van der Waals surface area contributed by atoms with Gasteiger partial charge in [-0.1, -0.05) is 30.3 Å². The number of ether oxygens (including phenoxy) is 1. The Morgan fingerprint density at radius 3 is 2.83 bits per heavy atom. The van der Waals surface area contributed by atoms with E-state index in [2.05, 4.69) is 5.32 Å². The highest BCUT2D eigenvalue weighted by Gasteiger charge is 2.30. The van der Waals surface area contributed by atoms with Gasteiger partial charge in [-0.05, 0) is 36.1 Å². The van der Waals surface area contributed by atoms with E-state index in [1.807, 2.05) is 36.4 Å². The van der Waals surface area contributed by atoms with Gasteiger partial charge in [0.15, 0.2) is 0 Å². The van der Waals surface area contributed by atoms with Crippen LogP contribution in [-0.4, -0.2) is 30.3 Å². The summed E-state index contributed by atoms with van der Waals surface area (Å²) in [5.74, 6) is 0.552. The van der Waals surface area contributed by atoms with Crippen LogP contribution >= 0.6 is 0 Å². The Morgan fingerprint density at radius 2 is 2.08 bits per heavy atom. The van der Waals surface area contributed by atoms with Crippen LogP contribution in [0.25, 0.3) is 10.8 Å². The first-order valence-electron chi connectivity index (χ1n) is 8.36. The molecule has 1 aliphatic rings. The molecule has 3 rings (SSSR count). The Balaban J connectivity index is 1.74. The van der Waals surface area contributed by atoms with E-state index in [1.165, 1.54) is 0 Å². The third kappa shape index (κ3) is 3.37. The zero-order valence-electron chi connectivity index (χ0n) is 13.9. The van der Waals surface area contributed by atoms with Crippen molar-refractivity contribution in [2.75, 3.05) is 7.11 Å². The second-order valence-electron chi connectivity index (χ2n) is 6.43. The van der Waals surface area contributed by atoms with Crippen LogP contribution in [0, 0.1) is 5.92 Å². The molecule has 1 fully saturated rings. The molecule has 2 aromatic carbocycles. The number of benzene rings is 2. The van der Waals surface area contributed by atoms with Gasteiger partial charge in [0.05, 0.1) is 13.2 Å². The fraction of sp³-hybridized carbons (Fsp3) is 0.421. The molecule has 3 atom stereocenters. The number of fused-ring (bicyclic) bond motifs is 1. The maximum absolute atomic E-state index is 12.5. The number of aliphatic hydroxyl groups is 1. The van der Waals surface area contributed by atoms with Gasteiger partial charge in [-0.15, -0.1) is 0 Å². The predicted octanol–water partition coefficient (Wildman–Crippen LogP) is 1.95. The van der Waals surface area contributed by atoms with E-state index < -0.39 is 6.10 Å². The molecular weight excluding hydrogens is 304 g/mol. The normalized spacial score (nSPS) is 23.9. The van der Waals surface area contributed by atoms with Crippen LogP contribution < -0.4 is 15.8 Å². The summed E-state index contributed by atoms with van der Waals surface area (Å²) >= 11 is 0. The van der Waals surface area contributed by atoms with Gasteiger partial charge in [0, 0.05) is 24.1 Å². The van der Waals surface area contributed by atoms with Crippen molar-refractivity contribution in [1.82, 2.24) is 5.32 Å². The van der Waals surface area contributed by atoms with E-state index in [-0.39, 0.29) is 17.9 Å². The van der Waals surface area contributed by atoms with E-state index >= 15 is 0 Å². The topological polar surface area (TPSA) is 84.6 Å². The molecule has 5 heteroatoms. The first-order valence-corrected chi connectivity index (χ1v) is 8.36. The van der Waals surface area contributed by atoms with Gasteiger partial charge in [-0.3, -0.25) is 4.79 Å². The van der Waals surface area contributed by atoms with Crippen LogP contribution in [0.15, 0.2) is 36.4 Å². The number of methoxy groups -OCH3 is 1. The fourth-order valence-corrected chi connectivity index (χ4v) is 3.42. The summed E-state index contributed by atoms with van der Waals surface area (Å²) in [7, 11) is 1.63. The minimum Gasteiger partial charge on any atom is -0.496 e. The predicted molar refractivity (Wildman–Crippen MR) is 93.7 cm³/mol. The smallest absolute Gasteiger partial charge is 0.223 e. The molecule has 1 amide bonds. The van der Waals surface area contributed by atoms with Crippen LogP contribution in [0.1, 0.15) is 24.8 Å². The quantitative estimate of drug-likeness (QED) is 0.801. The molecule has 0 spiro atoms. The van der Waals surface area contributed by atoms with Crippen molar-refractivity contribution in [3.8, 4) is 5.75 Å². The molecule has 0 aromatic heterocycles. The lowest BCUT2D eigenvalue weighted by Crippen LogP contribution is -2.44. The maximum atomic E-state index is 12.5.